The van der Waals surface area contributed by atoms with E-state index in [0.717, 1.165) is 24.2 Å². The lowest BCUT2D eigenvalue weighted by Gasteiger charge is -2.10. The molecule has 0 aromatic heterocycles. The molecule has 1 heterocycles. The van der Waals surface area contributed by atoms with Gasteiger partial charge in [-0.3, -0.25) is 4.72 Å². The second-order valence-corrected chi connectivity index (χ2v) is 5.87. The van der Waals surface area contributed by atoms with Crippen molar-refractivity contribution in [2.45, 2.75) is 13.0 Å². The fraction of sp³-hybridized carbons (Fsp3) is 0.455. The van der Waals surface area contributed by atoms with Crippen molar-refractivity contribution < 1.29 is 17.9 Å². The Hall–Kier alpha value is -1.27. The molecule has 1 aliphatic heterocycles. The van der Waals surface area contributed by atoms with Gasteiger partial charge in [-0.1, -0.05) is 0 Å². The molecule has 0 saturated carbocycles. The Morgan fingerprint density at radius 3 is 2.76 bits per heavy atom. The minimum absolute atomic E-state index is 0.212. The van der Waals surface area contributed by atoms with Crippen molar-refractivity contribution in [2.24, 2.45) is 0 Å². The van der Waals surface area contributed by atoms with E-state index in [-0.39, 0.29) is 6.10 Å². The molecule has 6 heteroatoms. The zero-order valence-corrected chi connectivity index (χ0v) is 10.6. The molecule has 1 saturated heterocycles. The number of anilines is 1. The first-order valence-electron chi connectivity index (χ1n) is 5.27. The van der Waals surface area contributed by atoms with Crippen LogP contribution in [0.3, 0.4) is 0 Å². The minimum Gasteiger partial charge on any atom is -0.491 e. The molecule has 94 valence electrons. The van der Waals surface area contributed by atoms with Crippen molar-refractivity contribution >= 4 is 15.7 Å². The number of ether oxygens (including phenoxy) is 2. The average molecular weight is 257 g/mol. The van der Waals surface area contributed by atoms with Crippen molar-refractivity contribution in [1.82, 2.24) is 0 Å². The highest BCUT2D eigenvalue weighted by molar-refractivity contribution is 7.92. The Balaban J connectivity index is 2.04. The molecule has 0 spiro atoms. The number of hydrogen-bond acceptors (Lipinski definition) is 4. The molecule has 1 fully saturated rings. The van der Waals surface area contributed by atoms with Crippen LogP contribution in [0.4, 0.5) is 5.69 Å². The minimum atomic E-state index is -3.24. The van der Waals surface area contributed by atoms with Gasteiger partial charge in [0.05, 0.1) is 18.6 Å². The van der Waals surface area contributed by atoms with Crippen LogP contribution in [0.25, 0.3) is 0 Å². The van der Waals surface area contributed by atoms with E-state index in [9.17, 15) is 8.42 Å². The average Bonchev–Trinajstić information content (AvgIpc) is 3.00. The first-order chi connectivity index (χ1) is 7.94. The van der Waals surface area contributed by atoms with E-state index in [2.05, 4.69) is 4.72 Å². The van der Waals surface area contributed by atoms with Crippen molar-refractivity contribution in [3.63, 3.8) is 0 Å². The van der Waals surface area contributed by atoms with E-state index in [1.54, 1.807) is 18.2 Å². The van der Waals surface area contributed by atoms with Crippen molar-refractivity contribution in [3.8, 4) is 5.75 Å². The van der Waals surface area contributed by atoms with E-state index in [1.807, 2.05) is 6.92 Å². The summed E-state index contributed by atoms with van der Waals surface area (Å²) in [4.78, 5) is 0. The maximum atomic E-state index is 11.1. The molecular formula is C11H15NO4S. The Morgan fingerprint density at radius 2 is 2.24 bits per heavy atom. The van der Waals surface area contributed by atoms with E-state index >= 15 is 0 Å². The summed E-state index contributed by atoms with van der Waals surface area (Å²) in [5, 5.41) is 0. The van der Waals surface area contributed by atoms with Gasteiger partial charge in [0.15, 0.2) is 0 Å². The first kappa shape index (κ1) is 12.2. The van der Waals surface area contributed by atoms with Gasteiger partial charge in [0.1, 0.15) is 18.5 Å². The molecule has 1 aromatic rings. The van der Waals surface area contributed by atoms with Gasteiger partial charge in [-0.05, 0) is 30.7 Å². The van der Waals surface area contributed by atoms with Crippen LogP contribution in [0, 0.1) is 6.92 Å². The maximum absolute atomic E-state index is 11.1. The van der Waals surface area contributed by atoms with Crippen molar-refractivity contribution in [2.75, 3.05) is 24.2 Å². The standard InChI is InChI=1S/C11H15NO4S/c1-8-5-9(15-6-10-7-16-10)3-4-11(8)12-17(2,13)14/h3-5,10,12H,6-7H2,1-2H3/t10-/m0/s1. The van der Waals surface area contributed by atoms with Crippen LogP contribution >= 0.6 is 0 Å². The lowest BCUT2D eigenvalue weighted by molar-refractivity contribution is 0.263. The predicted molar refractivity (Wildman–Crippen MR) is 64.9 cm³/mol. The summed E-state index contributed by atoms with van der Waals surface area (Å²) in [7, 11) is -3.24. The van der Waals surface area contributed by atoms with Crippen molar-refractivity contribution in [3.05, 3.63) is 23.8 Å². The molecule has 1 aromatic carbocycles. The number of nitrogens with one attached hydrogen (secondary N) is 1. The van der Waals surface area contributed by atoms with Crippen LogP contribution in [-0.2, 0) is 14.8 Å². The molecule has 0 unspecified atom stereocenters. The molecule has 0 bridgehead atoms. The van der Waals surface area contributed by atoms with Gasteiger partial charge in [0.2, 0.25) is 10.0 Å². The summed E-state index contributed by atoms with van der Waals surface area (Å²) in [6.45, 7) is 3.12. The van der Waals surface area contributed by atoms with Crippen LogP contribution < -0.4 is 9.46 Å². The molecule has 2 rings (SSSR count). The first-order valence-corrected chi connectivity index (χ1v) is 7.16. The van der Waals surface area contributed by atoms with Gasteiger partial charge in [-0.2, -0.15) is 0 Å². The Labute approximate surface area is 101 Å². The van der Waals surface area contributed by atoms with E-state index in [0.29, 0.717) is 12.3 Å². The van der Waals surface area contributed by atoms with Crippen LogP contribution in [-0.4, -0.2) is 34.0 Å². The summed E-state index contributed by atoms with van der Waals surface area (Å²) in [5.41, 5.74) is 1.40. The summed E-state index contributed by atoms with van der Waals surface area (Å²) in [6.07, 6.45) is 1.34. The van der Waals surface area contributed by atoms with Gasteiger partial charge in [-0.15, -0.1) is 0 Å². The lowest BCUT2D eigenvalue weighted by atomic mass is 10.2. The second-order valence-electron chi connectivity index (χ2n) is 4.12. The molecule has 1 aliphatic rings. The third kappa shape index (κ3) is 3.90. The number of hydrogen-bond donors (Lipinski definition) is 1. The summed E-state index contributed by atoms with van der Waals surface area (Å²) in [5.74, 6) is 0.719. The number of rotatable bonds is 5. The second kappa shape index (κ2) is 4.54. The van der Waals surface area contributed by atoms with E-state index < -0.39 is 10.0 Å². The summed E-state index contributed by atoms with van der Waals surface area (Å²) < 4.78 is 35.2. The topological polar surface area (TPSA) is 67.9 Å². The third-order valence-corrected chi connectivity index (χ3v) is 2.92. The highest BCUT2D eigenvalue weighted by Crippen LogP contribution is 2.23. The molecule has 5 nitrogen and oxygen atoms in total. The Kier molecular flexibility index (Phi) is 3.26. The zero-order valence-electron chi connectivity index (χ0n) is 9.76. The van der Waals surface area contributed by atoms with Gasteiger partial charge in [0.25, 0.3) is 0 Å². The molecule has 1 N–H and O–H groups in total. The number of aryl methyl sites for hydroxylation is 1. The van der Waals surface area contributed by atoms with E-state index in [4.69, 9.17) is 9.47 Å². The fourth-order valence-corrected chi connectivity index (χ4v) is 2.02. The highest BCUT2D eigenvalue weighted by atomic mass is 32.2. The Morgan fingerprint density at radius 1 is 1.53 bits per heavy atom. The van der Waals surface area contributed by atoms with Crippen LogP contribution in [0.5, 0.6) is 5.75 Å². The molecule has 1 atom stereocenters. The van der Waals surface area contributed by atoms with Crippen molar-refractivity contribution in [1.29, 1.82) is 0 Å². The van der Waals surface area contributed by atoms with Crippen LogP contribution in [0.2, 0.25) is 0 Å². The summed E-state index contributed by atoms with van der Waals surface area (Å²) in [6, 6.07) is 5.23. The molecule has 0 amide bonds. The third-order valence-electron chi connectivity index (χ3n) is 2.33. The summed E-state index contributed by atoms with van der Waals surface area (Å²) >= 11 is 0. The molecular weight excluding hydrogens is 242 g/mol. The SMILES string of the molecule is Cc1cc(OC[C@H]2CO2)ccc1NS(C)(=O)=O. The maximum Gasteiger partial charge on any atom is 0.229 e. The van der Waals surface area contributed by atoms with Gasteiger partial charge in [0, 0.05) is 0 Å². The molecule has 0 aliphatic carbocycles. The molecule has 0 radical (unpaired) electrons. The number of epoxide rings is 1. The quantitative estimate of drug-likeness (QED) is 0.803. The Bertz CT molecular complexity index is 508. The zero-order chi connectivity index (χ0) is 12.5. The number of sulfonamides is 1. The lowest BCUT2D eigenvalue weighted by Crippen LogP contribution is -2.11. The van der Waals surface area contributed by atoms with Gasteiger partial charge >= 0.3 is 0 Å². The van der Waals surface area contributed by atoms with Crippen LogP contribution in [0.1, 0.15) is 5.56 Å². The van der Waals surface area contributed by atoms with Gasteiger partial charge < -0.3 is 9.47 Å². The normalized spacial score (nSPS) is 18.8. The molecule has 17 heavy (non-hydrogen) atoms. The smallest absolute Gasteiger partial charge is 0.229 e. The monoisotopic (exact) mass is 257 g/mol. The predicted octanol–water partition coefficient (Wildman–Crippen LogP) is 1.14. The number of benzene rings is 1. The highest BCUT2D eigenvalue weighted by Gasteiger charge is 2.23. The largest absolute Gasteiger partial charge is 0.491 e. The van der Waals surface area contributed by atoms with E-state index in [1.165, 1.54) is 0 Å². The van der Waals surface area contributed by atoms with Crippen LogP contribution in [0.15, 0.2) is 18.2 Å². The van der Waals surface area contributed by atoms with Gasteiger partial charge in [-0.25, -0.2) is 8.42 Å². The fourth-order valence-electron chi connectivity index (χ4n) is 1.39.